The smallest absolute Gasteiger partial charge is 0.331 e. The Labute approximate surface area is 119 Å². The summed E-state index contributed by atoms with van der Waals surface area (Å²) in [5, 5.41) is 2.96. The SMILES string of the molecule is COC(=O)/C=C1\SC(=Nc2ccccc2OC)NC1=O. The number of esters is 1. The van der Waals surface area contributed by atoms with Gasteiger partial charge in [-0.2, -0.15) is 0 Å². The number of amidine groups is 1. The van der Waals surface area contributed by atoms with E-state index in [0.29, 0.717) is 16.6 Å². The normalized spacial score (nSPS) is 18.2. The van der Waals surface area contributed by atoms with Crippen LogP contribution in [0, 0.1) is 0 Å². The number of carbonyl (C=O) groups is 2. The van der Waals surface area contributed by atoms with Gasteiger partial charge in [-0.05, 0) is 23.9 Å². The number of aliphatic imine (C=N–C) groups is 1. The molecule has 0 bridgehead atoms. The number of ether oxygens (including phenoxy) is 2. The van der Waals surface area contributed by atoms with Crippen molar-refractivity contribution in [1.82, 2.24) is 5.32 Å². The molecule has 104 valence electrons. The molecule has 0 aromatic heterocycles. The van der Waals surface area contributed by atoms with Gasteiger partial charge in [0.25, 0.3) is 5.91 Å². The van der Waals surface area contributed by atoms with E-state index < -0.39 is 5.97 Å². The van der Waals surface area contributed by atoms with Gasteiger partial charge in [0, 0.05) is 6.08 Å². The fourth-order valence-electron chi connectivity index (χ4n) is 1.48. The summed E-state index contributed by atoms with van der Waals surface area (Å²) in [4.78, 5) is 27.3. The molecular formula is C13H12N2O4S. The van der Waals surface area contributed by atoms with E-state index in [1.54, 1.807) is 19.2 Å². The lowest BCUT2D eigenvalue weighted by molar-refractivity contribution is -0.135. The number of nitrogens with zero attached hydrogens (tertiary/aromatic N) is 1. The second kappa shape index (κ2) is 6.25. The molecular weight excluding hydrogens is 280 g/mol. The van der Waals surface area contributed by atoms with Crippen molar-refractivity contribution in [3.05, 3.63) is 35.2 Å². The van der Waals surface area contributed by atoms with E-state index >= 15 is 0 Å². The second-order valence-corrected chi connectivity index (χ2v) is 4.71. The molecule has 0 radical (unpaired) electrons. The van der Waals surface area contributed by atoms with E-state index in [9.17, 15) is 9.59 Å². The highest BCUT2D eigenvalue weighted by atomic mass is 32.2. The lowest BCUT2D eigenvalue weighted by Crippen LogP contribution is -2.19. The maximum atomic E-state index is 11.7. The van der Waals surface area contributed by atoms with Gasteiger partial charge >= 0.3 is 5.97 Å². The standard InChI is InChI=1S/C13H12N2O4S/c1-18-9-6-4-3-5-8(9)14-13-15-12(17)10(20-13)7-11(16)19-2/h3-7H,1-2H3,(H,14,15,17)/b10-7-. The van der Waals surface area contributed by atoms with Crippen molar-refractivity contribution in [3.8, 4) is 5.75 Å². The molecule has 7 heteroatoms. The maximum absolute atomic E-state index is 11.7. The first kappa shape index (κ1) is 14.1. The third-order valence-electron chi connectivity index (χ3n) is 2.41. The monoisotopic (exact) mass is 292 g/mol. The molecule has 2 rings (SSSR count). The molecule has 1 saturated heterocycles. The minimum atomic E-state index is -0.582. The highest BCUT2D eigenvalue weighted by molar-refractivity contribution is 8.18. The van der Waals surface area contributed by atoms with E-state index in [4.69, 9.17) is 4.74 Å². The summed E-state index contributed by atoms with van der Waals surface area (Å²) < 4.78 is 9.66. The van der Waals surface area contributed by atoms with E-state index in [1.807, 2.05) is 12.1 Å². The maximum Gasteiger partial charge on any atom is 0.331 e. The zero-order valence-electron chi connectivity index (χ0n) is 10.9. The molecule has 20 heavy (non-hydrogen) atoms. The number of amides is 1. The molecule has 0 aliphatic carbocycles. The highest BCUT2D eigenvalue weighted by Gasteiger charge is 2.25. The van der Waals surface area contributed by atoms with Crippen LogP contribution in [0.3, 0.4) is 0 Å². The predicted molar refractivity (Wildman–Crippen MR) is 75.9 cm³/mol. The van der Waals surface area contributed by atoms with Crippen molar-refractivity contribution in [2.75, 3.05) is 14.2 Å². The summed E-state index contributed by atoms with van der Waals surface area (Å²) in [6.45, 7) is 0. The van der Waals surface area contributed by atoms with Crippen LogP contribution in [-0.4, -0.2) is 31.3 Å². The second-order valence-electron chi connectivity index (χ2n) is 3.68. The predicted octanol–water partition coefficient (Wildman–Crippen LogP) is 1.60. The van der Waals surface area contributed by atoms with Crippen molar-refractivity contribution in [2.24, 2.45) is 4.99 Å². The molecule has 1 aromatic rings. The average molecular weight is 292 g/mol. The van der Waals surface area contributed by atoms with Gasteiger partial charge in [-0.15, -0.1) is 0 Å². The van der Waals surface area contributed by atoms with Gasteiger partial charge in [0.15, 0.2) is 5.17 Å². The number of para-hydroxylation sites is 2. The zero-order valence-corrected chi connectivity index (χ0v) is 11.7. The fraction of sp³-hybridized carbons (Fsp3) is 0.154. The average Bonchev–Trinajstić information content (AvgIpc) is 2.79. The van der Waals surface area contributed by atoms with Crippen molar-refractivity contribution in [1.29, 1.82) is 0 Å². The number of methoxy groups -OCH3 is 2. The number of rotatable bonds is 3. The Kier molecular flexibility index (Phi) is 4.41. The molecule has 1 aliphatic heterocycles. The van der Waals surface area contributed by atoms with Crippen LogP contribution in [0.5, 0.6) is 5.75 Å². The van der Waals surface area contributed by atoms with Gasteiger partial charge in [0.2, 0.25) is 0 Å². The van der Waals surface area contributed by atoms with E-state index in [0.717, 1.165) is 17.8 Å². The van der Waals surface area contributed by atoms with Crippen LogP contribution in [-0.2, 0) is 14.3 Å². The van der Waals surface area contributed by atoms with Crippen LogP contribution in [0.15, 0.2) is 40.2 Å². The molecule has 1 fully saturated rings. The third kappa shape index (κ3) is 3.18. The zero-order chi connectivity index (χ0) is 14.5. The van der Waals surface area contributed by atoms with Gasteiger partial charge in [-0.3, -0.25) is 4.79 Å². The Morgan fingerprint density at radius 2 is 2.10 bits per heavy atom. The Hall–Kier alpha value is -2.28. The molecule has 1 amide bonds. The fourth-order valence-corrected chi connectivity index (χ4v) is 2.27. The van der Waals surface area contributed by atoms with Crippen molar-refractivity contribution < 1.29 is 19.1 Å². The molecule has 0 unspecified atom stereocenters. The third-order valence-corrected chi connectivity index (χ3v) is 3.32. The van der Waals surface area contributed by atoms with E-state index in [-0.39, 0.29) is 10.8 Å². The van der Waals surface area contributed by atoms with E-state index in [2.05, 4.69) is 15.0 Å². The van der Waals surface area contributed by atoms with Crippen molar-refractivity contribution in [3.63, 3.8) is 0 Å². The Morgan fingerprint density at radius 1 is 1.35 bits per heavy atom. The number of benzene rings is 1. The van der Waals surface area contributed by atoms with Crippen LogP contribution in [0.4, 0.5) is 5.69 Å². The quantitative estimate of drug-likeness (QED) is 0.676. The summed E-state index contributed by atoms with van der Waals surface area (Å²) in [5.74, 6) is -0.365. The van der Waals surface area contributed by atoms with Gasteiger partial charge in [-0.1, -0.05) is 12.1 Å². The van der Waals surface area contributed by atoms with Crippen LogP contribution in [0.2, 0.25) is 0 Å². The largest absolute Gasteiger partial charge is 0.494 e. The van der Waals surface area contributed by atoms with E-state index in [1.165, 1.54) is 7.11 Å². The van der Waals surface area contributed by atoms with Crippen LogP contribution in [0.1, 0.15) is 0 Å². The van der Waals surface area contributed by atoms with Gasteiger partial charge in [-0.25, -0.2) is 9.79 Å². The minimum absolute atomic E-state index is 0.241. The number of hydrogen-bond acceptors (Lipinski definition) is 6. The summed E-state index contributed by atoms with van der Waals surface area (Å²) >= 11 is 1.07. The van der Waals surface area contributed by atoms with Gasteiger partial charge < -0.3 is 14.8 Å². The van der Waals surface area contributed by atoms with Crippen LogP contribution >= 0.6 is 11.8 Å². The Morgan fingerprint density at radius 3 is 2.80 bits per heavy atom. The minimum Gasteiger partial charge on any atom is -0.494 e. The first-order chi connectivity index (χ1) is 9.63. The number of hydrogen-bond donors (Lipinski definition) is 1. The molecule has 1 N–H and O–H groups in total. The van der Waals surface area contributed by atoms with Gasteiger partial charge in [0.05, 0.1) is 19.1 Å². The number of nitrogens with one attached hydrogen (secondary N) is 1. The van der Waals surface area contributed by atoms with Crippen LogP contribution in [0.25, 0.3) is 0 Å². The van der Waals surface area contributed by atoms with Crippen molar-refractivity contribution >= 4 is 34.5 Å². The summed E-state index contributed by atoms with van der Waals surface area (Å²) in [7, 11) is 2.79. The summed E-state index contributed by atoms with van der Waals surface area (Å²) in [6.07, 6.45) is 1.13. The molecule has 0 saturated carbocycles. The molecule has 1 heterocycles. The molecule has 0 atom stereocenters. The first-order valence-electron chi connectivity index (χ1n) is 5.64. The first-order valence-corrected chi connectivity index (χ1v) is 6.46. The van der Waals surface area contributed by atoms with Crippen LogP contribution < -0.4 is 10.1 Å². The Balaban J connectivity index is 2.24. The lowest BCUT2D eigenvalue weighted by Gasteiger charge is -2.03. The highest BCUT2D eigenvalue weighted by Crippen LogP contribution is 2.30. The summed E-state index contributed by atoms with van der Waals surface area (Å²) in [6, 6.07) is 7.17. The van der Waals surface area contributed by atoms with Crippen molar-refractivity contribution in [2.45, 2.75) is 0 Å². The molecule has 0 spiro atoms. The molecule has 1 aromatic carbocycles. The van der Waals surface area contributed by atoms with Gasteiger partial charge in [0.1, 0.15) is 11.4 Å². The topological polar surface area (TPSA) is 77.0 Å². The summed E-state index contributed by atoms with van der Waals surface area (Å²) in [5.41, 5.74) is 0.595. The lowest BCUT2D eigenvalue weighted by atomic mass is 10.3. The number of carbonyl (C=O) groups excluding carboxylic acids is 2. The molecule has 6 nitrogen and oxygen atoms in total. The Bertz CT molecular complexity index is 610. The molecule has 1 aliphatic rings. The number of thioether (sulfide) groups is 1.